The molecular weight excluding hydrogens is 210 g/mol. The van der Waals surface area contributed by atoms with Gasteiger partial charge in [-0.25, -0.2) is 0 Å². The molecular formula is C14H29N3. The third kappa shape index (κ3) is 3.67. The molecule has 0 bridgehead atoms. The fourth-order valence-corrected chi connectivity index (χ4v) is 3.59. The molecule has 2 fully saturated rings. The smallest absolute Gasteiger partial charge is 0.0283 e. The Bertz CT molecular complexity index is 236. The number of nitrogens with zero attached hydrogens (tertiary/aromatic N) is 2. The van der Waals surface area contributed by atoms with Crippen LogP contribution in [-0.2, 0) is 0 Å². The fourth-order valence-electron chi connectivity index (χ4n) is 3.59. The van der Waals surface area contributed by atoms with Crippen LogP contribution >= 0.6 is 0 Å². The van der Waals surface area contributed by atoms with Gasteiger partial charge in [-0.3, -0.25) is 0 Å². The maximum atomic E-state index is 6.51. The highest BCUT2D eigenvalue weighted by molar-refractivity contribution is 4.91. The molecule has 1 atom stereocenters. The SMILES string of the molecule is CN(CC1CCCN1C)CC1(N)CCCCC1. The van der Waals surface area contributed by atoms with E-state index in [0.717, 1.165) is 12.6 Å². The number of likely N-dealkylation sites (tertiary alicyclic amines) is 1. The van der Waals surface area contributed by atoms with Crippen molar-refractivity contribution in [2.75, 3.05) is 33.7 Å². The quantitative estimate of drug-likeness (QED) is 0.810. The van der Waals surface area contributed by atoms with Crippen LogP contribution in [0, 0.1) is 0 Å². The summed E-state index contributed by atoms with van der Waals surface area (Å²) >= 11 is 0. The third-order valence-corrected chi connectivity index (χ3v) is 4.63. The van der Waals surface area contributed by atoms with Crippen LogP contribution in [-0.4, -0.2) is 55.1 Å². The van der Waals surface area contributed by atoms with Crippen molar-refractivity contribution in [1.29, 1.82) is 0 Å². The third-order valence-electron chi connectivity index (χ3n) is 4.63. The Kier molecular flexibility index (Phi) is 4.45. The van der Waals surface area contributed by atoms with Crippen LogP contribution < -0.4 is 5.73 Å². The van der Waals surface area contributed by atoms with Crippen molar-refractivity contribution in [3.05, 3.63) is 0 Å². The highest BCUT2D eigenvalue weighted by Crippen LogP contribution is 2.27. The zero-order chi connectivity index (χ0) is 12.3. The largest absolute Gasteiger partial charge is 0.324 e. The van der Waals surface area contributed by atoms with Crippen molar-refractivity contribution < 1.29 is 0 Å². The van der Waals surface area contributed by atoms with Gasteiger partial charge in [0.15, 0.2) is 0 Å². The highest BCUT2D eigenvalue weighted by atomic mass is 15.2. The Labute approximate surface area is 106 Å². The summed E-state index contributed by atoms with van der Waals surface area (Å²) in [6.45, 7) is 3.54. The summed E-state index contributed by atoms with van der Waals surface area (Å²) in [5, 5.41) is 0. The lowest BCUT2D eigenvalue weighted by atomic mass is 9.82. The van der Waals surface area contributed by atoms with Gasteiger partial charge in [0.1, 0.15) is 0 Å². The molecule has 0 amide bonds. The second-order valence-electron chi connectivity index (χ2n) is 6.40. The standard InChI is InChI=1S/C14H29N3/c1-16(11-13-7-6-10-17(13)2)12-14(15)8-4-3-5-9-14/h13H,3-12,15H2,1-2H3. The molecule has 1 saturated carbocycles. The second-order valence-corrected chi connectivity index (χ2v) is 6.40. The van der Waals surface area contributed by atoms with E-state index >= 15 is 0 Å². The first-order chi connectivity index (χ1) is 8.09. The Morgan fingerprint density at radius 2 is 1.94 bits per heavy atom. The normalized spacial score (nSPS) is 30.0. The van der Waals surface area contributed by atoms with Crippen LogP contribution in [0.3, 0.4) is 0 Å². The van der Waals surface area contributed by atoms with E-state index in [9.17, 15) is 0 Å². The van der Waals surface area contributed by atoms with E-state index in [1.165, 1.54) is 58.0 Å². The van der Waals surface area contributed by atoms with E-state index in [0.29, 0.717) is 0 Å². The number of nitrogens with two attached hydrogens (primary N) is 1. The molecule has 2 N–H and O–H groups in total. The number of hydrogen-bond donors (Lipinski definition) is 1. The Morgan fingerprint density at radius 3 is 2.53 bits per heavy atom. The van der Waals surface area contributed by atoms with Crippen molar-refractivity contribution in [3.8, 4) is 0 Å². The minimum absolute atomic E-state index is 0.101. The molecule has 1 saturated heterocycles. The molecule has 3 heteroatoms. The molecule has 100 valence electrons. The minimum atomic E-state index is 0.101. The zero-order valence-electron chi connectivity index (χ0n) is 11.6. The van der Waals surface area contributed by atoms with E-state index in [-0.39, 0.29) is 5.54 Å². The van der Waals surface area contributed by atoms with E-state index in [4.69, 9.17) is 5.73 Å². The highest BCUT2D eigenvalue weighted by Gasteiger charge is 2.30. The summed E-state index contributed by atoms with van der Waals surface area (Å²) in [5.41, 5.74) is 6.61. The van der Waals surface area contributed by atoms with Crippen molar-refractivity contribution in [2.24, 2.45) is 5.73 Å². The number of likely N-dealkylation sites (N-methyl/N-ethyl adjacent to an activating group) is 2. The van der Waals surface area contributed by atoms with E-state index < -0.39 is 0 Å². The van der Waals surface area contributed by atoms with Crippen molar-refractivity contribution in [1.82, 2.24) is 9.80 Å². The van der Waals surface area contributed by atoms with Gasteiger partial charge in [-0.15, -0.1) is 0 Å². The molecule has 0 aromatic rings. The maximum absolute atomic E-state index is 6.51. The van der Waals surface area contributed by atoms with Crippen LogP contribution in [0.25, 0.3) is 0 Å². The van der Waals surface area contributed by atoms with Crippen molar-refractivity contribution >= 4 is 0 Å². The molecule has 0 spiro atoms. The summed E-state index contributed by atoms with van der Waals surface area (Å²) in [6, 6.07) is 0.757. The van der Waals surface area contributed by atoms with E-state index in [1.807, 2.05) is 0 Å². The first-order valence-electron chi connectivity index (χ1n) is 7.27. The van der Waals surface area contributed by atoms with Crippen LogP contribution in [0.1, 0.15) is 44.9 Å². The Balaban J connectivity index is 1.77. The molecule has 1 aliphatic carbocycles. The molecule has 2 aliphatic rings. The predicted octanol–water partition coefficient (Wildman–Crippen LogP) is 1.67. The lowest BCUT2D eigenvalue weighted by Gasteiger charge is -2.38. The van der Waals surface area contributed by atoms with E-state index in [1.54, 1.807) is 0 Å². The lowest BCUT2D eigenvalue weighted by molar-refractivity contribution is 0.163. The van der Waals surface area contributed by atoms with Gasteiger partial charge >= 0.3 is 0 Å². The summed E-state index contributed by atoms with van der Waals surface area (Å²) in [5.74, 6) is 0. The van der Waals surface area contributed by atoms with Crippen molar-refractivity contribution in [3.63, 3.8) is 0 Å². The van der Waals surface area contributed by atoms with Gasteiger partial charge in [-0.1, -0.05) is 19.3 Å². The molecule has 1 unspecified atom stereocenters. The van der Waals surface area contributed by atoms with Gasteiger partial charge < -0.3 is 15.5 Å². The van der Waals surface area contributed by atoms with Crippen molar-refractivity contribution in [2.45, 2.75) is 56.5 Å². The molecule has 0 aromatic carbocycles. The summed E-state index contributed by atoms with van der Waals surface area (Å²) in [7, 11) is 4.50. The monoisotopic (exact) mass is 239 g/mol. The second kappa shape index (κ2) is 5.68. The molecule has 0 aromatic heterocycles. The summed E-state index contributed by atoms with van der Waals surface area (Å²) < 4.78 is 0. The maximum Gasteiger partial charge on any atom is 0.0283 e. The molecule has 2 rings (SSSR count). The summed E-state index contributed by atoms with van der Waals surface area (Å²) in [6.07, 6.45) is 9.20. The minimum Gasteiger partial charge on any atom is -0.324 e. The Morgan fingerprint density at radius 1 is 1.24 bits per heavy atom. The van der Waals surface area contributed by atoms with Crippen LogP contribution in [0.4, 0.5) is 0 Å². The molecule has 0 radical (unpaired) electrons. The fraction of sp³-hybridized carbons (Fsp3) is 1.00. The molecule has 1 heterocycles. The molecule has 17 heavy (non-hydrogen) atoms. The number of hydrogen-bond acceptors (Lipinski definition) is 3. The number of rotatable bonds is 4. The average Bonchev–Trinajstić information content (AvgIpc) is 2.64. The van der Waals surface area contributed by atoms with E-state index in [2.05, 4.69) is 23.9 Å². The van der Waals surface area contributed by atoms with Gasteiger partial charge in [0.25, 0.3) is 0 Å². The first-order valence-corrected chi connectivity index (χ1v) is 7.27. The topological polar surface area (TPSA) is 32.5 Å². The Hall–Kier alpha value is -0.120. The van der Waals surface area contributed by atoms with Gasteiger partial charge in [0.05, 0.1) is 0 Å². The van der Waals surface area contributed by atoms with Crippen LogP contribution in [0.5, 0.6) is 0 Å². The lowest BCUT2D eigenvalue weighted by Crippen LogP contribution is -2.52. The molecule has 3 nitrogen and oxygen atoms in total. The van der Waals surface area contributed by atoms with Gasteiger partial charge in [0, 0.05) is 24.7 Å². The molecule has 1 aliphatic heterocycles. The first kappa shape index (κ1) is 13.3. The zero-order valence-corrected chi connectivity index (χ0v) is 11.6. The van der Waals surface area contributed by atoms with Crippen LogP contribution in [0.2, 0.25) is 0 Å². The van der Waals surface area contributed by atoms with Gasteiger partial charge in [-0.2, -0.15) is 0 Å². The predicted molar refractivity (Wildman–Crippen MR) is 73.2 cm³/mol. The van der Waals surface area contributed by atoms with Gasteiger partial charge in [-0.05, 0) is 46.3 Å². The van der Waals surface area contributed by atoms with Crippen LogP contribution in [0.15, 0.2) is 0 Å². The summed E-state index contributed by atoms with van der Waals surface area (Å²) in [4.78, 5) is 4.97. The van der Waals surface area contributed by atoms with Gasteiger partial charge in [0.2, 0.25) is 0 Å². The average molecular weight is 239 g/mol.